The van der Waals surface area contributed by atoms with Gasteiger partial charge in [-0.15, -0.1) is 0 Å². The zero-order chi connectivity index (χ0) is 13.1. The number of nitrogens with one attached hydrogen (secondary N) is 1. The molecule has 1 N–H and O–H groups in total. The lowest BCUT2D eigenvalue weighted by Gasteiger charge is -2.07. The minimum atomic E-state index is -1.17. The third-order valence-corrected chi connectivity index (χ3v) is 2.85. The monoisotopic (exact) mass is 312 g/mol. The first-order valence-corrected chi connectivity index (χ1v) is 5.74. The number of benzene rings is 1. The van der Waals surface area contributed by atoms with Crippen LogP contribution >= 0.6 is 15.9 Å². The third kappa shape index (κ3) is 2.53. The van der Waals surface area contributed by atoms with Gasteiger partial charge in [-0.3, -0.25) is 9.78 Å². The van der Waals surface area contributed by atoms with Crippen molar-refractivity contribution < 1.29 is 13.6 Å². The van der Waals surface area contributed by atoms with Crippen LogP contribution in [0, 0.1) is 11.6 Å². The van der Waals surface area contributed by atoms with Gasteiger partial charge in [0.1, 0.15) is 0 Å². The third-order valence-electron chi connectivity index (χ3n) is 2.22. The van der Waals surface area contributed by atoms with E-state index >= 15 is 0 Å². The lowest BCUT2D eigenvalue weighted by molar-refractivity contribution is 0.102. The maximum absolute atomic E-state index is 13.4. The average Bonchev–Trinajstić information content (AvgIpc) is 2.35. The zero-order valence-corrected chi connectivity index (χ0v) is 10.5. The van der Waals surface area contributed by atoms with Gasteiger partial charge in [0.05, 0.1) is 15.7 Å². The van der Waals surface area contributed by atoms with Crippen LogP contribution in [0.1, 0.15) is 10.4 Å². The number of pyridine rings is 1. The molecule has 0 atom stereocenters. The smallest absolute Gasteiger partial charge is 0.258 e. The van der Waals surface area contributed by atoms with Crippen LogP contribution in [0.4, 0.5) is 14.5 Å². The first-order valence-electron chi connectivity index (χ1n) is 4.94. The molecule has 0 spiro atoms. The first kappa shape index (κ1) is 12.6. The normalized spacial score (nSPS) is 10.2. The Morgan fingerprint density at radius 2 is 2.06 bits per heavy atom. The van der Waals surface area contributed by atoms with Gasteiger partial charge in [0.25, 0.3) is 5.91 Å². The van der Waals surface area contributed by atoms with Gasteiger partial charge in [-0.05, 0) is 34.1 Å². The summed E-state index contributed by atoms with van der Waals surface area (Å²) in [6.07, 6.45) is 2.96. The molecule has 0 aliphatic carbocycles. The molecule has 0 aliphatic rings. The number of carbonyl (C=O) groups excluding carboxylic acids is 1. The molecule has 2 rings (SSSR count). The van der Waals surface area contributed by atoms with Crippen molar-refractivity contribution in [3.63, 3.8) is 0 Å². The molecule has 0 unspecified atom stereocenters. The van der Waals surface area contributed by atoms with Gasteiger partial charge < -0.3 is 5.32 Å². The molecule has 1 aromatic carbocycles. The Morgan fingerprint density at radius 1 is 1.28 bits per heavy atom. The fourth-order valence-electron chi connectivity index (χ4n) is 1.35. The lowest BCUT2D eigenvalue weighted by Crippen LogP contribution is -2.14. The number of rotatable bonds is 2. The summed E-state index contributed by atoms with van der Waals surface area (Å²) in [7, 11) is 0. The molecule has 0 saturated carbocycles. The van der Waals surface area contributed by atoms with Crippen molar-refractivity contribution in [2.24, 2.45) is 0 Å². The van der Waals surface area contributed by atoms with Gasteiger partial charge in [0.15, 0.2) is 11.6 Å². The highest BCUT2D eigenvalue weighted by atomic mass is 79.9. The van der Waals surface area contributed by atoms with Gasteiger partial charge in [0, 0.05) is 12.4 Å². The minimum absolute atomic E-state index is 0.348. The predicted molar refractivity (Wildman–Crippen MR) is 66.2 cm³/mol. The van der Waals surface area contributed by atoms with Crippen molar-refractivity contribution in [3.05, 3.63) is 58.3 Å². The van der Waals surface area contributed by atoms with E-state index in [2.05, 4.69) is 26.2 Å². The summed E-state index contributed by atoms with van der Waals surface area (Å²) in [4.78, 5) is 15.6. The molecule has 0 fully saturated rings. The Balaban J connectivity index is 2.28. The molecule has 0 radical (unpaired) electrons. The van der Waals surface area contributed by atoms with Gasteiger partial charge in [-0.1, -0.05) is 6.07 Å². The predicted octanol–water partition coefficient (Wildman–Crippen LogP) is 3.37. The van der Waals surface area contributed by atoms with Crippen LogP contribution in [0.2, 0.25) is 0 Å². The number of halogens is 3. The van der Waals surface area contributed by atoms with Gasteiger partial charge in [-0.2, -0.15) is 0 Å². The van der Waals surface area contributed by atoms with Crippen LogP contribution in [0.3, 0.4) is 0 Å². The Hall–Kier alpha value is -1.82. The van der Waals surface area contributed by atoms with Gasteiger partial charge in [0.2, 0.25) is 0 Å². The number of hydrogen-bond donors (Lipinski definition) is 1. The highest BCUT2D eigenvalue weighted by Gasteiger charge is 2.15. The Morgan fingerprint density at radius 3 is 2.78 bits per heavy atom. The molecule has 18 heavy (non-hydrogen) atoms. The molecule has 1 amide bonds. The highest BCUT2D eigenvalue weighted by molar-refractivity contribution is 9.10. The van der Waals surface area contributed by atoms with E-state index in [1.807, 2.05) is 0 Å². The SMILES string of the molecule is O=C(Nc1ccncc1Br)c1cccc(F)c1F. The largest absolute Gasteiger partial charge is 0.321 e. The Labute approximate surface area is 110 Å². The van der Waals surface area contributed by atoms with Crippen LogP contribution < -0.4 is 5.32 Å². The van der Waals surface area contributed by atoms with Gasteiger partial charge in [-0.25, -0.2) is 8.78 Å². The molecular weight excluding hydrogens is 306 g/mol. The fourth-order valence-corrected chi connectivity index (χ4v) is 1.69. The first-order chi connectivity index (χ1) is 8.59. The van der Waals surface area contributed by atoms with E-state index in [4.69, 9.17) is 0 Å². The van der Waals surface area contributed by atoms with Crippen molar-refractivity contribution in [2.45, 2.75) is 0 Å². The number of hydrogen-bond acceptors (Lipinski definition) is 2. The second-order valence-electron chi connectivity index (χ2n) is 3.41. The molecule has 92 valence electrons. The number of aromatic nitrogens is 1. The molecule has 6 heteroatoms. The highest BCUT2D eigenvalue weighted by Crippen LogP contribution is 2.21. The number of amides is 1. The molecular formula is C12H7BrF2N2O. The molecule has 1 aromatic heterocycles. The van der Waals surface area contributed by atoms with Crippen LogP contribution in [0.5, 0.6) is 0 Å². The van der Waals surface area contributed by atoms with E-state index in [1.165, 1.54) is 24.5 Å². The Kier molecular flexibility index (Phi) is 3.66. The number of nitrogens with zero attached hydrogens (tertiary/aromatic N) is 1. The summed E-state index contributed by atoms with van der Waals surface area (Å²) in [6.45, 7) is 0. The van der Waals surface area contributed by atoms with Crippen LogP contribution in [0.15, 0.2) is 41.1 Å². The molecule has 0 aliphatic heterocycles. The molecule has 0 bridgehead atoms. The summed E-state index contributed by atoms with van der Waals surface area (Å²) >= 11 is 3.19. The summed E-state index contributed by atoms with van der Waals surface area (Å²) in [5.74, 6) is -2.95. The van der Waals surface area contributed by atoms with E-state index in [0.717, 1.165) is 6.07 Å². The summed E-state index contributed by atoms with van der Waals surface area (Å²) < 4.78 is 26.9. The van der Waals surface area contributed by atoms with Crippen molar-refractivity contribution in [3.8, 4) is 0 Å². The Bertz CT molecular complexity index is 604. The van der Waals surface area contributed by atoms with Crippen molar-refractivity contribution in [1.82, 2.24) is 4.98 Å². The van der Waals surface area contributed by atoms with Crippen molar-refractivity contribution in [2.75, 3.05) is 5.32 Å². The molecule has 2 aromatic rings. The topological polar surface area (TPSA) is 42.0 Å². The van der Waals surface area contributed by atoms with E-state index in [1.54, 1.807) is 6.07 Å². The standard InChI is InChI=1S/C12H7BrF2N2O/c13-8-6-16-5-4-10(8)17-12(18)7-2-1-3-9(14)11(7)15/h1-6H,(H,16,17,18). The van der Waals surface area contributed by atoms with Crippen LogP contribution in [-0.2, 0) is 0 Å². The number of anilines is 1. The summed E-state index contributed by atoms with van der Waals surface area (Å²) in [5, 5.41) is 2.46. The van der Waals surface area contributed by atoms with Crippen molar-refractivity contribution in [1.29, 1.82) is 0 Å². The summed E-state index contributed by atoms with van der Waals surface area (Å²) in [6, 6.07) is 4.98. The maximum Gasteiger partial charge on any atom is 0.258 e. The fraction of sp³-hybridized carbons (Fsp3) is 0. The van der Waals surface area contributed by atoms with E-state index in [-0.39, 0.29) is 5.56 Å². The maximum atomic E-state index is 13.4. The zero-order valence-electron chi connectivity index (χ0n) is 8.95. The minimum Gasteiger partial charge on any atom is -0.321 e. The molecule has 1 heterocycles. The van der Waals surface area contributed by atoms with Crippen LogP contribution in [0.25, 0.3) is 0 Å². The van der Waals surface area contributed by atoms with Crippen molar-refractivity contribution >= 4 is 27.5 Å². The van der Waals surface area contributed by atoms with E-state index in [0.29, 0.717) is 10.2 Å². The van der Waals surface area contributed by atoms with Gasteiger partial charge >= 0.3 is 0 Å². The summed E-state index contributed by atoms with van der Waals surface area (Å²) in [5.41, 5.74) is 0.0809. The second-order valence-corrected chi connectivity index (χ2v) is 4.27. The lowest BCUT2D eigenvalue weighted by atomic mass is 10.2. The van der Waals surface area contributed by atoms with E-state index < -0.39 is 17.5 Å². The average molecular weight is 313 g/mol. The van der Waals surface area contributed by atoms with E-state index in [9.17, 15) is 13.6 Å². The number of carbonyl (C=O) groups is 1. The molecule has 3 nitrogen and oxygen atoms in total. The quantitative estimate of drug-likeness (QED) is 0.923. The van der Waals surface area contributed by atoms with Crippen LogP contribution in [-0.4, -0.2) is 10.9 Å². The second kappa shape index (κ2) is 5.22. The molecule has 0 saturated heterocycles.